The van der Waals surface area contributed by atoms with E-state index in [1.165, 1.54) is 12.5 Å². The van der Waals surface area contributed by atoms with Gasteiger partial charge in [-0.1, -0.05) is 6.42 Å². The Balaban J connectivity index is 2.11. The van der Waals surface area contributed by atoms with Crippen molar-refractivity contribution in [2.45, 2.75) is 25.3 Å². The lowest BCUT2D eigenvalue weighted by molar-refractivity contribution is -0.402. The summed E-state index contributed by atoms with van der Waals surface area (Å²) in [6, 6.07) is 2.77. The number of hydrogen-bond donors (Lipinski definition) is 1. The van der Waals surface area contributed by atoms with E-state index in [0.717, 1.165) is 12.8 Å². The Kier molecular flexibility index (Phi) is 2.25. The zero-order chi connectivity index (χ0) is 10.1. The minimum Gasteiger partial charge on any atom is -0.404 e. The minimum absolute atomic E-state index is 0.183. The molecule has 0 unspecified atom stereocenters. The normalized spacial score (nSPS) is 18.9. The summed E-state index contributed by atoms with van der Waals surface area (Å²) in [6.07, 6.45) is 3.38. The van der Waals surface area contributed by atoms with E-state index in [4.69, 9.17) is 10.2 Å². The zero-order valence-corrected chi connectivity index (χ0v) is 7.68. The predicted molar refractivity (Wildman–Crippen MR) is 49.6 cm³/mol. The Hall–Kier alpha value is -1.36. The van der Waals surface area contributed by atoms with E-state index in [2.05, 4.69) is 0 Å². The van der Waals surface area contributed by atoms with Crippen molar-refractivity contribution in [2.75, 3.05) is 0 Å². The lowest BCUT2D eigenvalue weighted by Crippen LogP contribution is -2.26. The molecule has 1 saturated carbocycles. The van der Waals surface area contributed by atoms with Gasteiger partial charge in [0.1, 0.15) is 10.7 Å². The molecule has 2 N–H and O–H groups in total. The molecule has 1 aliphatic rings. The molecule has 0 aliphatic heterocycles. The fraction of sp³-hybridized carbons (Fsp3) is 0.556. The van der Waals surface area contributed by atoms with Crippen LogP contribution in [0.25, 0.3) is 0 Å². The van der Waals surface area contributed by atoms with Crippen molar-refractivity contribution in [2.24, 2.45) is 11.7 Å². The van der Waals surface area contributed by atoms with Gasteiger partial charge in [0, 0.05) is 0 Å². The molecule has 0 bridgehead atoms. The molecule has 76 valence electrons. The lowest BCUT2D eigenvalue weighted by atomic mass is 9.79. The highest BCUT2D eigenvalue weighted by molar-refractivity contribution is 5.20. The average Bonchev–Trinajstić information content (AvgIpc) is 2.48. The van der Waals surface area contributed by atoms with Crippen LogP contribution in [0.5, 0.6) is 0 Å². The van der Waals surface area contributed by atoms with Gasteiger partial charge < -0.3 is 10.2 Å². The van der Waals surface area contributed by atoms with Crippen LogP contribution < -0.4 is 5.73 Å². The molecule has 1 heterocycles. The van der Waals surface area contributed by atoms with E-state index in [9.17, 15) is 10.1 Å². The van der Waals surface area contributed by atoms with E-state index in [1.54, 1.807) is 6.07 Å². The zero-order valence-electron chi connectivity index (χ0n) is 7.68. The molecule has 0 aromatic carbocycles. The van der Waals surface area contributed by atoms with E-state index in [-0.39, 0.29) is 11.9 Å². The van der Waals surface area contributed by atoms with Crippen molar-refractivity contribution < 1.29 is 9.34 Å². The molecule has 0 radical (unpaired) electrons. The number of nitrogens with zero attached hydrogens (tertiary/aromatic N) is 1. The number of hydrogen-bond acceptors (Lipinski definition) is 4. The average molecular weight is 196 g/mol. The van der Waals surface area contributed by atoms with Gasteiger partial charge in [-0.2, -0.15) is 0 Å². The summed E-state index contributed by atoms with van der Waals surface area (Å²) in [4.78, 5) is 9.82. The van der Waals surface area contributed by atoms with Gasteiger partial charge in [-0.15, -0.1) is 0 Å². The van der Waals surface area contributed by atoms with E-state index >= 15 is 0 Å². The van der Waals surface area contributed by atoms with Crippen molar-refractivity contribution in [3.05, 3.63) is 28.0 Å². The quantitative estimate of drug-likeness (QED) is 0.592. The smallest absolute Gasteiger partial charge is 0.404 e. The van der Waals surface area contributed by atoms with Crippen LogP contribution in [0.4, 0.5) is 5.88 Å². The van der Waals surface area contributed by atoms with E-state index in [1.807, 2.05) is 0 Å². The Bertz CT molecular complexity index is 344. The molecular weight excluding hydrogens is 184 g/mol. The molecule has 2 rings (SSSR count). The molecule has 1 fully saturated rings. The van der Waals surface area contributed by atoms with Gasteiger partial charge >= 0.3 is 5.88 Å². The second-order valence-electron chi connectivity index (χ2n) is 3.65. The van der Waals surface area contributed by atoms with Gasteiger partial charge in [0.15, 0.2) is 0 Å². The fourth-order valence-electron chi connectivity index (χ4n) is 1.65. The van der Waals surface area contributed by atoms with Crippen LogP contribution in [0.15, 0.2) is 16.5 Å². The third-order valence-corrected chi connectivity index (χ3v) is 2.78. The Labute approximate surface area is 81.0 Å². The standard InChI is InChI=1S/C9H12N2O3/c10-9(6-2-1-3-6)7-4-5-8(14-7)11(12)13/h4-6,9H,1-3,10H2/t9-/m0/s1. The first-order valence-electron chi connectivity index (χ1n) is 4.68. The van der Waals surface area contributed by atoms with E-state index < -0.39 is 4.92 Å². The summed E-state index contributed by atoms with van der Waals surface area (Å²) in [6.45, 7) is 0. The van der Waals surface area contributed by atoms with Crippen LogP contribution in [0.1, 0.15) is 31.1 Å². The second kappa shape index (κ2) is 3.42. The van der Waals surface area contributed by atoms with Crippen molar-refractivity contribution in [1.29, 1.82) is 0 Å². The molecular formula is C9H12N2O3. The Morgan fingerprint density at radius 1 is 1.57 bits per heavy atom. The van der Waals surface area contributed by atoms with Crippen molar-refractivity contribution in [3.8, 4) is 0 Å². The molecule has 5 heteroatoms. The topological polar surface area (TPSA) is 82.3 Å². The summed E-state index contributed by atoms with van der Waals surface area (Å²) in [5.41, 5.74) is 5.90. The largest absolute Gasteiger partial charge is 0.433 e. The van der Waals surface area contributed by atoms with Crippen LogP contribution in [0, 0.1) is 16.0 Å². The second-order valence-corrected chi connectivity index (χ2v) is 3.65. The highest BCUT2D eigenvalue weighted by atomic mass is 16.6. The van der Waals surface area contributed by atoms with Gasteiger partial charge in [0.05, 0.1) is 12.1 Å². The molecule has 0 spiro atoms. The van der Waals surface area contributed by atoms with Gasteiger partial charge in [-0.25, -0.2) is 0 Å². The SMILES string of the molecule is N[C@H](c1ccc([N+](=O)[O-])o1)C1CCC1. The first-order valence-corrected chi connectivity index (χ1v) is 4.68. The van der Waals surface area contributed by atoms with Crippen molar-refractivity contribution >= 4 is 5.88 Å². The Morgan fingerprint density at radius 2 is 2.29 bits per heavy atom. The van der Waals surface area contributed by atoms with Crippen molar-refractivity contribution in [3.63, 3.8) is 0 Å². The maximum absolute atomic E-state index is 10.4. The summed E-state index contributed by atoms with van der Waals surface area (Å²) in [5.74, 6) is 0.733. The third kappa shape index (κ3) is 1.50. The van der Waals surface area contributed by atoms with Gasteiger partial charge in [0.25, 0.3) is 0 Å². The number of nitro groups is 1. The first kappa shape index (κ1) is 9.21. The van der Waals surface area contributed by atoms with Crippen LogP contribution >= 0.6 is 0 Å². The summed E-state index contributed by atoms with van der Waals surface area (Å²) >= 11 is 0. The van der Waals surface area contributed by atoms with Gasteiger partial charge in [0.2, 0.25) is 0 Å². The summed E-state index contributed by atoms with van der Waals surface area (Å²) in [5, 5.41) is 10.4. The highest BCUT2D eigenvalue weighted by Gasteiger charge is 2.28. The summed E-state index contributed by atoms with van der Waals surface area (Å²) < 4.78 is 5.04. The van der Waals surface area contributed by atoms with Crippen LogP contribution in [0.3, 0.4) is 0 Å². The number of rotatable bonds is 3. The minimum atomic E-state index is -0.545. The molecule has 1 aliphatic carbocycles. The third-order valence-electron chi connectivity index (χ3n) is 2.78. The number of nitrogens with two attached hydrogens (primary N) is 1. The predicted octanol–water partition coefficient (Wildman–Crippen LogP) is 1.99. The molecule has 1 aromatic heterocycles. The molecule has 14 heavy (non-hydrogen) atoms. The molecule has 1 aromatic rings. The maximum atomic E-state index is 10.4. The number of furan rings is 1. The van der Waals surface area contributed by atoms with Gasteiger partial charge in [-0.05, 0) is 24.8 Å². The lowest BCUT2D eigenvalue weighted by Gasteiger charge is -2.29. The maximum Gasteiger partial charge on any atom is 0.433 e. The van der Waals surface area contributed by atoms with Gasteiger partial charge in [-0.3, -0.25) is 10.1 Å². The molecule has 0 saturated heterocycles. The molecule has 0 amide bonds. The molecule has 5 nitrogen and oxygen atoms in total. The fourth-order valence-corrected chi connectivity index (χ4v) is 1.65. The van der Waals surface area contributed by atoms with Crippen LogP contribution in [-0.2, 0) is 0 Å². The Morgan fingerprint density at radius 3 is 2.71 bits per heavy atom. The molecule has 1 atom stereocenters. The van der Waals surface area contributed by atoms with Crippen LogP contribution in [0.2, 0.25) is 0 Å². The van der Waals surface area contributed by atoms with Crippen molar-refractivity contribution in [1.82, 2.24) is 0 Å². The first-order chi connectivity index (χ1) is 6.68. The summed E-state index contributed by atoms with van der Waals surface area (Å²) in [7, 11) is 0. The van der Waals surface area contributed by atoms with Crippen LogP contribution in [-0.4, -0.2) is 4.92 Å². The monoisotopic (exact) mass is 196 g/mol. The van der Waals surface area contributed by atoms with E-state index in [0.29, 0.717) is 11.7 Å². The highest BCUT2D eigenvalue weighted by Crippen LogP contribution is 2.37.